The zero-order valence-corrected chi connectivity index (χ0v) is 19.9. The summed E-state index contributed by atoms with van der Waals surface area (Å²) in [6.45, 7) is 3.22. The highest BCUT2D eigenvalue weighted by Crippen LogP contribution is 2.44. The summed E-state index contributed by atoms with van der Waals surface area (Å²) in [5.74, 6) is -1.53. The molecule has 2 amide bonds. The Balaban J connectivity index is 1.36. The predicted molar refractivity (Wildman–Crippen MR) is 129 cm³/mol. The number of aryl methyl sites for hydroxylation is 1. The van der Waals surface area contributed by atoms with Gasteiger partial charge in [-0.05, 0) is 36.1 Å². The van der Waals surface area contributed by atoms with E-state index < -0.39 is 23.4 Å². The Morgan fingerprint density at radius 1 is 1.03 bits per heavy atom. The molecular formula is C26H28N4O5. The molecule has 0 bridgehead atoms. The van der Waals surface area contributed by atoms with E-state index in [1.165, 1.54) is 24.7 Å². The molecule has 1 aliphatic rings. The molecule has 182 valence electrons. The molecule has 0 unspecified atom stereocenters. The van der Waals surface area contributed by atoms with Gasteiger partial charge in [0.25, 0.3) is 5.91 Å². The first-order valence-electron chi connectivity index (χ1n) is 11.3. The highest BCUT2D eigenvalue weighted by molar-refractivity contribution is 5.94. The number of carboxylic acid groups (broad SMARTS) is 1. The summed E-state index contributed by atoms with van der Waals surface area (Å²) in [6, 6.07) is 16.2. The fraction of sp³-hybridized carbons (Fsp3) is 0.308. The van der Waals surface area contributed by atoms with Gasteiger partial charge in [-0.25, -0.2) is 4.79 Å². The smallest absolute Gasteiger partial charge is 0.407 e. The topological polar surface area (TPSA) is 123 Å². The molecule has 0 atom stereocenters. The van der Waals surface area contributed by atoms with E-state index in [1.54, 1.807) is 7.05 Å². The van der Waals surface area contributed by atoms with Gasteiger partial charge >= 0.3 is 12.1 Å². The number of hydrogen-bond donors (Lipinski definition) is 3. The van der Waals surface area contributed by atoms with Crippen molar-refractivity contribution >= 4 is 18.0 Å². The number of aromatic nitrogens is 2. The molecule has 0 spiro atoms. The van der Waals surface area contributed by atoms with Gasteiger partial charge in [0.05, 0.1) is 18.2 Å². The van der Waals surface area contributed by atoms with Crippen molar-refractivity contribution in [3.8, 4) is 11.1 Å². The molecule has 3 N–H and O–H groups in total. The van der Waals surface area contributed by atoms with E-state index in [4.69, 9.17) is 4.74 Å². The molecule has 0 saturated carbocycles. The molecule has 4 rings (SSSR count). The minimum absolute atomic E-state index is 0.0373. The van der Waals surface area contributed by atoms with Gasteiger partial charge in [-0.15, -0.1) is 0 Å². The van der Waals surface area contributed by atoms with E-state index in [-0.39, 0.29) is 31.3 Å². The molecule has 0 aliphatic heterocycles. The molecular weight excluding hydrogens is 448 g/mol. The van der Waals surface area contributed by atoms with Crippen molar-refractivity contribution in [2.45, 2.75) is 26.3 Å². The Labute approximate surface area is 203 Å². The molecule has 0 fully saturated rings. The van der Waals surface area contributed by atoms with Crippen LogP contribution in [-0.4, -0.2) is 46.0 Å². The van der Waals surface area contributed by atoms with Crippen LogP contribution in [0, 0.1) is 5.41 Å². The summed E-state index contributed by atoms with van der Waals surface area (Å²) in [5, 5.41) is 18.7. The van der Waals surface area contributed by atoms with Crippen LogP contribution in [0.3, 0.4) is 0 Å². The van der Waals surface area contributed by atoms with Gasteiger partial charge in [0, 0.05) is 25.1 Å². The lowest BCUT2D eigenvalue weighted by Gasteiger charge is -2.19. The van der Waals surface area contributed by atoms with Gasteiger partial charge in [-0.1, -0.05) is 48.5 Å². The van der Waals surface area contributed by atoms with E-state index in [1.807, 2.05) is 36.4 Å². The van der Waals surface area contributed by atoms with Crippen LogP contribution in [0.1, 0.15) is 46.9 Å². The first kappa shape index (κ1) is 24.0. The maximum absolute atomic E-state index is 12.7. The number of carbonyl (C=O) groups is 3. The standard InChI is InChI=1S/C26H28N4O5/c1-26(2,24(32)33)15-28-23(31)22-16(13-29-30(22)3)12-27-25(34)35-14-21-19-10-6-4-8-17(19)18-9-5-7-11-20(18)21/h4-11,13,21H,12,14-15H2,1-3H3,(H,27,34)(H,28,31)(H,32,33). The molecule has 1 aliphatic carbocycles. The Morgan fingerprint density at radius 2 is 1.63 bits per heavy atom. The SMILES string of the molecule is Cn1ncc(CNC(=O)OCC2c3ccccc3-c3ccccc32)c1C(=O)NCC(C)(C)C(=O)O. The van der Waals surface area contributed by atoms with Crippen molar-refractivity contribution in [1.29, 1.82) is 0 Å². The lowest BCUT2D eigenvalue weighted by atomic mass is 9.94. The summed E-state index contributed by atoms with van der Waals surface area (Å²) in [4.78, 5) is 36.5. The van der Waals surface area contributed by atoms with E-state index in [0.29, 0.717) is 5.56 Å². The van der Waals surface area contributed by atoms with Crippen LogP contribution in [-0.2, 0) is 23.1 Å². The van der Waals surface area contributed by atoms with Crippen molar-refractivity contribution in [2.75, 3.05) is 13.2 Å². The number of aliphatic carboxylic acids is 1. The average Bonchev–Trinajstić information content (AvgIpc) is 3.37. The number of ether oxygens (including phenoxy) is 1. The molecule has 35 heavy (non-hydrogen) atoms. The summed E-state index contributed by atoms with van der Waals surface area (Å²) in [7, 11) is 1.61. The molecule has 9 nitrogen and oxygen atoms in total. The van der Waals surface area contributed by atoms with E-state index in [9.17, 15) is 19.5 Å². The monoisotopic (exact) mass is 476 g/mol. The fourth-order valence-corrected chi connectivity index (χ4v) is 4.18. The van der Waals surface area contributed by atoms with Crippen LogP contribution in [0.15, 0.2) is 54.7 Å². The number of carbonyl (C=O) groups excluding carboxylic acids is 2. The lowest BCUT2D eigenvalue weighted by molar-refractivity contribution is -0.146. The van der Waals surface area contributed by atoms with Gasteiger partial charge in [-0.3, -0.25) is 14.3 Å². The molecule has 1 aromatic heterocycles. The molecule has 1 heterocycles. The van der Waals surface area contributed by atoms with Crippen LogP contribution in [0.25, 0.3) is 11.1 Å². The molecule has 0 radical (unpaired) electrons. The van der Waals surface area contributed by atoms with Gasteiger partial charge in [-0.2, -0.15) is 5.10 Å². The second-order valence-corrected chi connectivity index (χ2v) is 9.19. The first-order chi connectivity index (χ1) is 16.7. The van der Waals surface area contributed by atoms with E-state index >= 15 is 0 Å². The van der Waals surface area contributed by atoms with Crippen molar-refractivity contribution < 1.29 is 24.2 Å². The fourth-order valence-electron chi connectivity index (χ4n) is 4.18. The third-order valence-electron chi connectivity index (χ3n) is 6.27. The van der Waals surface area contributed by atoms with Gasteiger partial charge < -0.3 is 20.5 Å². The van der Waals surface area contributed by atoms with Crippen molar-refractivity contribution in [3.63, 3.8) is 0 Å². The number of alkyl carbamates (subject to hydrolysis) is 1. The molecule has 2 aromatic carbocycles. The summed E-state index contributed by atoms with van der Waals surface area (Å²) >= 11 is 0. The quantitative estimate of drug-likeness (QED) is 0.459. The van der Waals surface area contributed by atoms with Crippen LogP contribution in [0.5, 0.6) is 0 Å². The van der Waals surface area contributed by atoms with Crippen LogP contribution in [0.4, 0.5) is 4.79 Å². The Hall–Kier alpha value is -4.14. The number of nitrogens with zero attached hydrogens (tertiary/aromatic N) is 2. The van der Waals surface area contributed by atoms with Crippen molar-refractivity contribution in [2.24, 2.45) is 12.5 Å². The highest BCUT2D eigenvalue weighted by Gasteiger charge is 2.30. The number of fused-ring (bicyclic) bond motifs is 3. The zero-order valence-electron chi connectivity index (χ0n) is 19.9. The van der Waals surface area contributed by atoms with E-state index in [0.717, 1.165) is 22.3 Å². The number of rotatable bonds is 8. The maximum atomic E-state index is 12.7. The van der Waals surface area contributed by atoms with E-state index in [2.05, 4.69) is 27.9 Å². The Morgan fingerprint density at radius 3 is 2.23 bits per heavy atom. The Bertz CT molecular complexity index is 1230. The number of carboxylic acids is 1. The summed E-state index contributed by atoms with van der Waals surface area (Å²) in [6.07, 6.45) is 0.884. The minimum Gasteiger partial charge on any atom is -0.481 e. The number of benzene rings is 2. The van der Waals surface area contributed by atoms with Gasteiger partial charge in [0.15, 0.2) is 0 Å². The zero-order chi connectivity index (χ0) is 25.2. The maximum Gasteiger partial charge on any atom is 0.407 e. The minimum atomic E-state index is -1.12. The third-order valence-corrected chi connectivity index (χ3v) is 6.27. The molecule has 0 saturated heterocycles. The van der Waals surface area contributed by atoms with Gasteiger partial charge in [0.2, 0.25) is 0 Å². The normalized spacial score (nSPS) is 12.5. The van der Waals surface area contributed by atoms with Crippen LogP contribution in [0.2, 0.25) is 0 Å². The largest absolute Gasteiger partial charge is 0.481 e. The second kappa shape index (κ2) is 9.61. The van der Waals surface area contributed by atoms with Crippen LogP contribution >= 0.6 is 0 Å². The lowest BCUT2D eigenvalue weighted by Crippen LogP contribution is -2.40. The summed E-state index contributed by atoms with van der Waals surface area (Å²) in [5.41, 5.74) is 4.16. The summed E-state index contributed by atoms with van der Waals surface area (Å²) < 4.78 is 6.93. The van der Waals surface area contributed by atoms with Crippen molar-refractivity contribution in [3.05, 3.63) is 77.1 Å². The number of nitrogens with one attached hydrogen (secondary N) is 2. The second-order valence-electron chi connectivity index (χ2n) is 9.19. The van der Waals surface area contributed by atoms with Crippen molar-refractivity contribution in [1.82, 2.24) is 20.4 Å². The van der Waals surface area contributed by atoms with Crippen LogP contribution < -0.4 is 10.6 Å². The number of hydrogen-bond acceptors (Lipinski definition) is 5. The molecule has 9 heteroatoms. The molecule has 3 aromatic rings. The number of amides is 2. The third kappa shape index (κ3) is 4.89. The average molecular weight is 477 g/mol. The first-order valence-corrected chi connectivity index (χ1v) is 11.3. The Kier molecular flexibility index (Phi) is 6.59. The predicted octanol–water partition coefficient (Wildman–Crippen LogP) is 3.30. The van der Waals surface area contributed by atoms with Gasteiger partial charge in [0.1, 0.15) is 12.3 Å². The highest BCUT2D eigenvalue weighted by atomic mass is 16.5.